The lowest BCUT2D eigenvalue weighted by atomic mass is 10.0. The Labute approximate surface area is 115 Å². The van der Waals surface area contributed by atoms with Crippen molar-refractivity contribution in [3.63, 3.8) is 0 Å². The molecule has 1 aromatic rings. The van der Waals surface area contributed by atoms with Crippen LogP contribution in [0.25, 0.3) is 0 Å². The number of nitrogens with zero attached hydrogens (tertiary/aromatic N) is 1. The molecule has 0 fully saturated rings. The zero-order valence-corrected chi connectivity index (χ0v) is 10.9. The maximum atomic E-state index is 12.1. The summed E-state index contributed by atoms with van der Waals surface area (Å²) in [6.45, 7) is -0.387. The van der Waals surface area contributed by atoms with Crippen molar-refractivity contribution in [2.45, 2.75) is 19.3 Å². The fraction of sp³-hybridized carbons (Fsp3) is 0.429. The zero-order valence-electron chi connectivity index (χ0n) is 10.9. The quantitative estimate of drug-likeness (QED) is 0.779. The molecule has 1 amide bonds. The first-order valence-corrected chi connectivity index (χ1v) is 6.38. The maximum Gasteiger partial charge on any atom is 0.261 e. The van der Waals surface area contributed by atoms with Gasteiger partial charge in [-0.05, 0) is 12.1 Å². The van der Waals surface area contributed by atoms with E-state index in [9.17, 15) is 18.4 Å². The fourth-order valence-electron chi connectivity index (χ4n) is 2.14. The standard InChI is InChI=1S/C14H15F2NO3/c15-13(16)9-20-8-6-14(19)17-7-5-12(18)10-3-1-2-4-11(10)17/h1-4,13H,5-9H2. The number of alkyl halides is 2. The molecule has 0 atom stereocenters. The van der Waals surface area contributed by atoms with Crippen LogP contribution < -0.4 is 4.90 Å². The molecule has 108 valence electrons. The summed E-state index contributed by atoms with van der Waals surface area (Å²) >= 11 is 0. The highest BCUT2D eigenvalue weighted by atomic mass is 19.3. The normalized spacial score (nSPS) is 14.6. The molecule has 0 N–H and O–H groups in total. The van der Waals surface area contributed by atoms with Crippen LogP contribution in [-0.4, -0.2) is 37.9 Å². The lowest BCUT2D eigenvalue weighted by Crippen LogP contribution is -2.37. The van der Waals surface area contributed by atoms with Crippen molar-refractivity contribution in [3.05, 3.63) is 29.8 Å². The Kier molecular flexibility index (Phi) is 4.79. The van der Waals surface area contributed by atoms with E-state index >= 15 is 0 Å². The van der Waals surface area contributed by atoms with E-state index in [1.54, 1.807) is 24.3 Å². The molecule has 0 saturated carbocycles. The molecule has 0 aromatic heterocycles. The Balaban J connectivity index is 1.97. The smallest absolute Gasteiger partial charge is 0.261 e. The number of Topliss-reactive ketones (excluding diaryl/α,β-unsaturated/α-hetero) is 1. The molecule has 20 heavy (non-hydrogen) atoms. The van der Waals surface area contributed by atoms with Crippen LogP contribution in [0.5, 0.6) is 0 Å². The van der Waals surface area contributed by atoms with E-state index in [1.807, 2.05) is 0 Å². The molecule has 0 bridgehead atoms. The second-order valence-corrected chi connectivity index (χ2v) is 4.45. The lowest BCUT2D eigenvalue weighted by Gasteiger charge is -2.28. The second kappa shape index (κ2) is 6.56. The van der Waals surface area contributed by atoms with Gasteiger partial charge in [0.1, 0.15) is 6.61 Å². The number of ketones is 1. The van der Waals surface area contributed by atoms with Crippen LogP contribution in [0.4, 0.5) is 14.5 Å². The average Bonchev–Trinajstić information content (AvgIpc) is 2.44. The molecule has 1 aromatic carbocycles. The molecule has 1 aliphatic heterocycles. The van der Waals surface area contributed by atoms with E-state index in [4.69, 9.17) is 4.74 Å². The van der Waals surface area contributed by atoms with E-state index in [-0.39, 0.29) is 31.1 Å². The number of hydrogen-bond acceptors (Lipinski definition) is 3. The van der Waals surface area contributed by atoms with Gasteiger partial charge in [0.15, 0.2) is 5.78 Å². The van der Waals surface area contributed by atoms with Crippen molar-refractivity contribution in [1.82, 2.24) is 0 Å². The summed E-state index contributed by atoms with van der Waals surface area (Å²) in [5.74, 6) is -0.210. The number of amides is 1. The number of hydrogen-bond donors (Lipinski definition) is 0. The van der Waals surface area contributed by atoms with Crippen LogP contribution in [0, 0.1) is 0 Å². The Bertz CT molecular complexity index is 505. The van der Waals surface area contributed by atoms with Crippen LogP contribution in [0.2, 0.25) is 0 Å². The summed E-state index contributed by atoms with van der Waals surface area (Å²) in [5, 5.41) is 0. The minimum Gasteiger partial charge on any atom is -0.375 e. The monoisotopic (exact) mass is 283 g/mol. The van der Waals surface area contributed by atoms with Crippen LogP contribution >= 0.6 is 0 Å². The van der Waals surface area contributed by atoms with Gasteiger partial charge in [-0.3, -0.25) is 9.59 Å². The molecular formula is C14H15F2NO3. The molecular weight excluding hydrogens is 268 g/mol. The zero-order chi connectivity index (χ0) is 14.5. The molecule has 4 nitrogen and oxygen atoms in total. The number of halogens is 2. The minimum atomic E-state index is -2.53. The number of carbonyl (C=O) groups is 2. The molecule has 0 unspecified atom stereocenters. The highest BCUT2D eigenvalue weighted by Crippen LogP contribution is 2.27. The summed E-state index contributed by atoms with van der Waals surface area (Å²) in [5.41, 5.74) is 1.11. The molecule has 6 heteroatoms. The van der Waals surface area contributed by atoms with Crippen molar-refractivity contribution in [2.24, 2.45) is 0 Å². The topological polar surface area (TPSA) is 46.6 Å². The van der Waals surface area contributed by atoms with Crippen molar-refractivity contribution in [3.8, 4) is 0 Å². The van der Waals surface area contributed by atoms with E-state index < -0.39 is 13.0 Å². The highest BCUT2D eigenvalue weighted by Gasteiger charge is 2.26. The third-order valence-corrected chi connectivity index (χ3v) is 3.06. The SMILES string of the molecule is O=C1CCN(C(=O)CCOCC(F)F)c2ccccc21. The first-order chi connectivity index (χ1) is 9.59. The third-order valence-electron chi connectivity index (χ3n) is 3.06. The average molecular weight is 283 g/mol. The van der Waals surface area contributed by atoms with E-state index in [0.717, 1.165) is 0 Å². The van der Waals surface area contributed by atoms with Crippen molar-refractivity contribution in [1.29, 1.82) is 0 Å². The Hall–Kier alpha value is -1.82. The number of benzene rings is 1. The number of carbonyl (C=O) groups excluding carboxylic acids is 2. The van der Waals surface area contributed by atoms with Crippen LogP contribution in [0.15, 0.2) is 24.3 Å². The number of ether oxygens (including phenoxy) is 1. The Morgan fingerprint density at radius 1 is 1.35 bits per heavy atom. The Morgan fingerprint density at radius 3 is 2.85 bits per heavy atom. The van der Waals surface area contributed by atoms with Crippen molar-refractivity contribution < 1.29 is 23.1 Å². The number of rotatable bonds is 5. The maximum absolute atomic E-state index is 12.1. The van der Waals surface area contributed by atoms with Crippen molar-refractivity contribution >= 4 is 17.4 Å². The van der Waals surface area contributed by atoms with Crippen LogP contribution in [0.3, 0.4) is 0 Å². The summed E-state index contributed by atoms with van der Waals surface area (Å²) in [4.78, 5) is 25.3. The highest BCUT2D eigenvalue weighted by molar-refractivity contribution is 6.08. The lowest BCUT2D eigenvalue weighted by molar-refractivity contribution is -0.120. The number of para-hydroxylation sites is 1. The van der Waals surface area contributed by atoms with E-state index in [2.05, 4.69) is 0 Å². The number of fused-ring (bicyclic) bond motifs is 1. The first-order valence-electron chi connectivity index (χ1n) is 6.38. The largest absolute Gasteiger partial charge is 0.375 e. The summed E-state index contributed by atoms with van der Waals surface area (Å²) in [7, 11) is 0. The molecule has 0 saturated heterocycles. The van der Waals surface area contributed by atoms with Crippen molar-refractivity contribution in [2.75, 3.05) is 24.7 Å². The van der Waals surface area contributed by atoms with Gasteiger partial charge in [-0.25, -0.2) is 8.78 Å². The van der Waals surface area contributed by atoms with Crippen LogP contribution in [0.1, 0.15) is 23.2 Å². The third kappa shape index (κ3) is 3.39. The minimum absolute atomic E-state index is 0.0126. The van der Waals surface area contributed by atoms with Crippen LogP contribution in [-0.2, 0) is 9.53 Å². The molecule has 2 rings (SSSR count). The second-order valence-electron chi connectivity index (χ2n) is 4.45. The van der Waals surface area contributed by atoms with Gasteiger partial charge in [-0.15, -0.1) is 0 Å². The Morgan fingerprint density at radius 2 is 2.10 bits per heavy atom. The van der Waals surface area contributed by atoms with E-state index in [0.29, 0.717) is 17.8 Å². The molecule has 0 spiro atoms. The molecule has 0 radical (unpaired) electrons. The summed E-state index contributed by atoms with van der Waals surface area (Å²) in [6, 6.07) is 6.90. The molecule has 0 aliphatic carbocycles. The first kappa shape index (κ1) is 14.6. The van der Waals surface area contributed by atoms with Gasteiger partial charge < -0.3 is 9.64 Å². The van der Waals surface area contributed by atoms with Gasteiger partial charge in [-0.2, -0.15) is 0 Å². The number of anilines is 1. The van der Waals surface area contributed by atoms with E-state index in [1.165, 1.54) is 4.90 Å². The summed E-state index contributed by atoms with van der Waals surface area (Å²) in [6.07, 6.45) is -2.23. The predicted octanol–water partition coefficient (Wildman–Crippen LogP) is 2.28. The van der Waals surface area contributed by atoms with Gasteiger partial charge in [0.2, 0.25) is 5.91 Å². The molecule has 1 heterocycles. The summed E-state index contributed by atoms with van der Waals surface area (Å²) < 4.78 is 28.5. The van der Waals surface area contributed by atoms with Gasteiger partial charge in [0.25, 0.3) is 6.43 Å². The van der Waals surface area contributed by atoms with Gasteiger partial charge in [0.05, 0.1) is 18.7 Å². The predicted molar refractivity (Wildman–Crippen MR) is 69.2 cm³/mol. The van der Waals surface area contributed by atoms with Gasteiger partial charge in [-0.1, -0.05) is 12.1 Å². The fourth-order valence-corrected chi connectivity index (χ4v) is 2.14. The van der Waals surface area contributed by atoms with Gasteiger partial charge in [0, 0.05) is 18.5 Å². The molecule has 1 aliphatic rings. The van der Waals surface area contributed by atoms with Gasteiger partial charge >= 0.3 is 0 Å².